The van der Waals surface area contributed by atoms with Gasteiger partial charge < -0.3 is 5.32 Å². The summed E-state index contributed by atoms with van der Waals surface area (Å²) in [6.45, 7) is 1.79. The highest BCUT2D eigenvalue weighted by molar-refractivity contribution is 6.29. The van der Waals surface area contributed by atoms with Gasteiger partial charge in [-0.25, -0.2) is 9.37 Å². The Kier molecular flexibility index (Phi) is 3.44. The number of rotatable bonds is 3. The number of halogens is 2. The molecule has 1 atom stereocenters. The molecule has 1 fully saturated rings. The molecule has 0 radical (unpaired) electrons. The molecule has 1 saturated heterocycles. The first-order chi connectivity index (χ1) is 9.24. The molecule has 1 N–H and O–H groups in total. The van der Waals surface area contributed by atoms with Crippen LogP contribution in [0.15, 0.2) is 18.5 Å². The van der Waals surface area contributed by atoms with E-state index in [4.69, 9.17) is 11.6 Å². The summed E-state index contributed by atoms with van der Waals surface area (Å²) in [6.07, 6.45) is 5.50. The molecule has 0 aliphatic carbocycles. The van der Waals surface area contributed by atoms with Gasteiger partial charge in [0.05, 0.1) is 12.7 Å². The lowest BCUT2D eigenvalue weighted by Gasteiger charge is -2.08. The van der Waals surface area contributed by atoms with Gasteiger partial charge in [0.1, 0.15) is 5.69 Å². The van der Waals surface area contributed by atoms with E-state index in [0.717, 1.165) is 19.5 Å². The molecule has 5 nitrogen and oxygen atoms in total. The summed E-state index contributed by atoms with van der Waals surface area (Å²) in [4.78, 5) is 3.68. The van der Waals surface area contributed by atoms with E-state index in [1.165, 1.54) is 12.6 Å². The zero-order valence-corrected chi connectivity index (χ0v) is 10.9. The number of nitrogens with zero attached hydrogens (tertiary/aromatic N) is 4. The quantitative estimate of drug-likeness (QED) is 0.873. The zero-order chi connectivity index (χ0) is 13.2. The molecular weight excluding hydrogens is 269 g/mol. The van der Waals surface area contributed by atoms with Crippen LogP contribution < -0.4 is 5.32 Å². The molecule has 3 rings (SSSR count). The lowest BCUT2D eigenvalue weighted by molar-refractivity contribution is 0.466. The van der Waals surface area contributed by atoms with Gasteiger partial charge in [0.2, 0.25) is 0 Å². The highest BCUT2D eigenvalue weighted by atomic mass is 35.5. The molecule has 100 valence electrons. The van der Waals surface area contributed by atoms with E-state index < -0.39 is 5.82 Å². The summed E-state index contributed by atoms with van der Waals surface area (Å²) in [5.41, 5.74) is 0.797. The third-order valence-corrected chi connectivity index (χ3v) is 3.49. The minimum atomic E-state index is -0.560. The Labute approximate surface area is 114 Å². The van der Waals surface area contributed by atoms with Crippen molar-refractivity contribution in [3.8, 4) is 11.3 Å². The summed E-state index contributed by atoms with van der Waals surface area (Å²) in [5.74, 6) is -0.560. The van der Waals surface area contributed by atoms with E-state index in [1.54, 1.807) is 16.9 Å². The molecule has 0 saturated carbocycles. The fourth-order valence-corrected chi connectivity index (χ4v) is 2.42. The van der Waals surface area contributed by atoms with Crippen molar-refractivity contribution in [3.63, 3.8) is 0 Å². The van der Waals surface area contributed by atoms with Crippen molar-refractivity contribution in [2.24, 2.45) is 0 Å². The summed E-state index contributed by atoms with van der Waals surface area (Å²) >= 11 is 5.66. The van der Waals surface area contributed by atoms with Gasteiger partial charge in [-0.2, -0.15) is 0 Å². The van der Waals surface area contributed by atoms with Gasteiger partial charge >= 0.3 is 0 Å². The summed E-state index contributed by atoms with van der Waals surface area (Å²) in [6, 6.07) is 1.96. The predicted molar refractivity (Wildman–Crippen MR) is 69.2 cm³/mol. The highest BCUT2D eigenvalue weighted by Crippen LogP contribution is 2.24. The molecular formula is C12H13ClFN5. The van der Waals surface area contributed by atoms with Crippen molar-refractivity contribution in [2.75, 3.05) is 6.54 Å². The van der Waals surface area contributed by atoms with Crippen LogP contribution in [-0.2, 0) is 6.54 Å². The number of aromatic nitrogens is 4. The SMILES string of the molecule is Fc1c(-c2cn(C[C@@H]3CCCN3)nn2)ccnc1Cl. The Bertz CT molecular complexity index is 579. The third kappa shape index (κ3) is 2.59. The summed E-state index contributed by atoms with van der Waals surface area (Å²) in [7, 11) is 0. The van der Waals surface area contributed by atoms with Crippen LogP contribution in [0.25, 0.3) is 11.3 Å². The van der Waals surface area contributed by atoms with Gasteiger partial charge in [-0.05, 0) is 25.5 Å². The van der Waals surface area contributed by atoms with Crippen LogP contribution in [-0.4, -0.2) is 32.6 Å². The smallest absolute Gasteiger partial charge is 0.169 e. The average molecular weight is 282 g/mol. The molecule has 3 heterocycles. The van der Waals surface area contributed by atoms with E-state index in [2.05, 4.69) is 20.6 Å². The predicted octanol–water partition coefficient (Wildman–Crippen LogP) is 1.88. The Hall–Kier alpha value is -1.53. The molecule has 2 aromatic rings. The first kappa shape index (κ1) is 12.5. The van der Waals surface area contributed by atoms with Gasteiger partial charge in [0.15, 0.2) is 11.0 Å². The number of pyridine rings is 1. The fourth-order valence-electron chi connectivity index (χ4n) is 2.27. The van der Waals surface area contributed by atoms with Crippen LogP contribution in [0.2, 0.25) is 5.15 Å². The fraction of sp³-hybridized carbons (Fsp3) is 0.417. The van der Waals surface area contributed by atoms with Crippen molar-refractivity contribution in [3.05, 3.63) is 29.4 Å². The molecule has 7 heteroatoms. The van der Waals surface area contributed by atoms with Gasteiger partial charge in [0, 0.05) is 17.8 Å². The summed E-state index contributed by atoms with van der Waals surface area (Å²) < 4.78 is 15.5. The number of nitrogens with one attached hydrogen (secondary N) is 1. The zero-order valence-electron chi connectivity index (χ0n) is 10.2. The standard InChI is InChI=1S/C12H13ClFN5/c13-12-11(14)9(3-5-16-12)10-7-19(18-17-10)6-8-2-1-4-15-8/h3,5,7-8,15H,1-2,4,6H2/t8-/m0/s1. The molecule has 0 amide bonds. The van der Waals surface area contributed by atoms with Crippen molar-refractivity contribution in [1.29, 1.82) is 0 Å². The molecule has 2 aromatic heterocycles. The van der Waals surface area contributed by atoms with Gasteiger partial charge in [0.25, 0.3) is 0 Å². The van der Waals surface area contributed by atoms with Crippen molar-refractivity contribution < 1.29 is 4.39 Å². The van der Waals surface area contributed by atoms with E-state index in [9.17, 15) is 4.39 Å². The van der Waals surface area contributed by atoms with Crippen molar-refractivity contribution in [2.45, 2.75) is 25.4 Å². The van der Waals surface area contributed by atoms with Gasteiger partial charge in [-0.3, -0.25) is 4.68 Å². The first-order valence-electron chi connectivity index (χ1n) is 6.18. The normalized spacial score (nSPS) is 18.9. The molecule has 1 aliphatic rings. The number of hydrogen-bond acceptors (Lipinski definition) is 4. The highest BCUT2D eigenvalue weighted by Gasteiger charge is 2.17. The van der Waals surface area contributed by atoms with E-state index in [-0.39, 0.29) is 5.15 Å². The maximum absolute atomic E-state index is 13.8. The largest absolute Gasteiger partial charge is 0.312 e. The maximum atomic E-state index is 13.8. The van der Waals surface area contributed by atoms with Crippen molar-refractivity contribution >= 4 is 11.6 Å². The monoisotopic (exact) mass is 281 g/mol. The van der Waals surface area contributed by atoms with Crippen LogP contribution in [0.3, 0.4) is 0 Å². The first-order valence-corrected chi connectivity index (χ1v) is 6.56. The molecule has 0 unspecified atom stereocenters. The second-order valence-corrected chi connectivity index (χ2v) is 4.94. The lowest BCUT2D eigenvalue weighted by atomic mass is 10.2. The molecule has 0 bridgehead atoms. The van der Waals surface area contributed by atoms with E-state index in [1.807, 2.05) is 0 Å². The second kappa shape index (κ2) is 5.22. The topological polar surface area (TPSA) is 55.6 Å². The third-order valence-electron chi connectivity index (χ3n) is 3.23. The van der Waals surface area contributed by atoms with Gasteiger partial charge in [-0.15, -0.1) is 5.10 Å². The van der Waals surface area contributed by atoms with E-state index in [0.29, 0.717) is 17.3 Å². The van der Waals surface area contributed by atoms with Crippen molar-refractivity contribution in [1.82, 2.24) is 25.3 Å². The number of hydrogen-bond donors (Lipinski definition) is 1. The summed E-state index contributed by atoms with van der Waals surface area (Å²) in [5, 5.41) is 11.2. The second-order valence-electron chi connectivity index (χ2n) is 4.58. The van der Waals surface area contributed by atoms with Crippen LogP contribution in [0.1, 0.15) is 12.8 Å². The lowest BCUT2D eigenvalue weighted by Crippen LogP contribution is -2.26. The van der Waals surface area contributed by atoms with Gasteiger partial charge in [-0.1, -0.05) is 16.8 Å². The molecule has 19 heavy (non-hydrogen) atoms. The minimum Gasteiger partial charge on any atom is -0.312 e. The van der Waals surface area contributed by atoms with Crippen LogP contribution in [0, 0.1) is 5.82 Å². The Morgan fingerprint density at radius 3 is 3.21 bits per heavy atom. The Balaban J connectivity index is 1.82. The molecule has 0 aromatic carbocycles. The molecule has 0 spiro atoms. The average Bonchev–Trinajstić information content (AvgIpc) is 3.05. The maximum Gasteiger partial charge on any atom is 0.169 e. The van der Waals surface area contributed by atoms with Crippen LogP contribution in [0.4, 0.5) is 4.39 Å². The van der Waals surface area contributed by atoms with Crippen LogP contribution >= 0.6 is 11.6 Å². The Morgan fingerprint density at radius 1 is 1.53 bits per heavy atom. The Morgan fingerprint density at radius 2 is 2.42 bits per heavy atom. The minimum absolute atomic E-state index is 0.149. The molecule has 1 aliphatic heterocycles. The van der Waals surface area contributed by atoms with Crippen LogP contribution in [0.5, 0.6) is 0 Å². The van der Waals surface area contributed by atoms with E-state index >= 15 is 0 Å².